The van der Waals surface area contributed by atoms with Gasteiger partial charge in [-0.2, -0.15) is 5.10 Å². The number of hydrogen-bond donors (Lipinski definition) is 2. The highest BCUT2D eigenvalue weighted by Crippen LogP contribution is 2.20. The van der Waals surface area contributed by atoms with E-state index in [1.54, 1.807) is 0 Å². The number of hydrogen-bond acceptors (Lipinski definition) is 3. The maximum Gasteiger partial charge on any atom is 0.0658 e. The van der Waals surface area contributed by atoms with Gasteiger partial charge in [0.25, 0.3) is 0 Å². The van der Waals surface area contributed by atoms with Gasteiger partial charge in [-0.15, -0.1) is 0 Å². The van der Waals surface area contributed by atoms with E-state index >= 15 is 0 Å². The van der Waals surface area contributed by atoms with Crippen molar-refractivity contribution in [1.82, 2.24) is 15.1 Å². The molecule has 2 heterocycles. The number of nitrogens with one attached hydrogen (secondary N) is 1. The van der Waals surface area contributed by atoms with Crippen LogP contribution in [0, 0.1) is 13.8 Å². The number of nitrogens with zero attached hydrogens (tertiary/aromatic N) is 2. The summed E-state index contributed by atoms with van der Waals surface area (Å²) in [6.45, 7) is 6.87. The molecule has 0 bridgehead atoms. The molecule has 1 saturated heterocycles. The molecule has 14 heavy (non-hydrogen) atoms. The number of nitrogens with two attached hydrogens (primary N) is 1. The van der Waals surface area contributed by atoms with Gasteiger partial charge >= 0.3 is 0 Å². The van der Waals surface area contributed by atoms with E-state index in [0.29, 0.717) is 12.6 Å². The Balaban J connectivity index is 2.33. The predicted octanol–water partition coefficient (Wildman–Crippen LogP) is 0.493. The average molecular weight is 194 g/mol. The third kappa shape index (κ3) is 1.44. The van der Waals surface area contributed by atoms with Gasteiger partial charge in [0.15, 0.2) is 0 Å². The summed E-state index contributed by atoms with van der Waals surface area (Å²) in [5.74, 6) is 0. The molecule has 0 amide bonds. The summed E-state index contributed by atoms with van der Waals surface area (Å²) < 4.78 is 2.14. The van der Waals surface area contributed by atoms with Crippen LogP contribution in [-0.2, 0) is 6.54 Å². The molecule has 1 aliphatic heterocycles. The quantitative estimate of drug-likeness (QED) is 0.720. The van der Waals surface area contributed by atoms with E-state index in [0.717, 1.165) is 18.8 Å². The lowest BCUT2D eigenvalue weighted by Gasteiger charge is -2.11. The summed E-state index contributed by atoms with van der Waals surface area (Å²) in [4.78, 5) is 0. The molecule has 3 N–H and O–H groups in total. The molecule has 1 unspecified atom stereocenters. The highest BCUT2D eigenvalue weighted by atomic mass is 15.3. The predicted molar refractivity (Wildman–Crippen MR) is 56.1 cm³/mol. The maximum atomic E-state index is 5.69. The molecule has 0 spiro atoms. The first-order valence-electron chi connectivity index (χ1n) is 5.19. The minimum Gasteiger partial charge on any atom is -0.326 e. The first kappa shape index (κ1) is 9.68. The summed E-state index contributed by atoms with van der Waals surface area (Å²) in [7, 11) is 0. The zero-order valence-corrected chi connectivity index (χ0v) is 8.88. The van der Waals surface area contributed by atoms with Crippen molar-refractivity contribution in [3.05, 3.63) is 17.0 Å². The van der Waals surface area contributed by atoms with E-state index in [1.807, 2.05) is 6.92 Å². The van der Waals surface area contributed by atoms with Crippen LogP contribution in [0.2, 0.25) is 0 Å². The van der Waals surface area contributed by atoms with Crippen molar-refractivity contribution in [3.8, 4) is 0 Å². The fourth-order valence-corrected chi connectivity index (χ4v) is 2.20. The zero-order chi connectivity index (χ0) is 10.1. The van der Waals surface area contributed by atoms with Gasteiger partial charge in [0.2, 0.25) is 0 Å². The Kier molecular flexibility index (Phi) is 2.56. The fourth-order valence-electron chi connectivity index (χ4n) is 2.20. The standard InChI is InChI=1S/C10H18N4/c1-7-10(5-11)8(2)14(13-7)9-3-4-12-6-9/h9,12H,3-6,11H2,1-2H3. The molecule has 0 aliphatic carbocycles. The van der Waals surface area contributed by atoms with Gasteiger partial charge in [0.1, 0.15) is 0 Å². The molecule has 0 saturated carbocycles. The van der Waals surface area contributed by atoms with Crippen LogP contribution in [0.5, 0.6) is 0 Å². The molecular formula is C10H18N4. The molecule has 1 fully saturated rings. The van der Waals surface area contributed by atoms with E-state index in [-0.39, 0.29) is 0 Å². The van der Waals surface area contributed by atoms with E-state index in [1.165, 1.54) is 17.7 Å². The Morgan fingerprint density at radius 3 is 2.86 bits per heavy atom. The third-order valence-electron chi connectivity index (χ3n) is 3.06. The largest absolute Gasteiger partial charge is 0.326 e. The number of aryl methyl sites for hydroxylation is 1. The minimum absolute atomic E-state index is 0.522. The van der Waals surface area contributed by atoms with Crippen molar-refractivity contribution in [2.24, 2.45) is 5.73 Å². The first-order chi connectivity index (χ1) is 6.74. The molecule has 1 aromatic heterocycles. The lowest BCUT2D eigenvalue weighted by atomic mass is 10.2. The highest BCUT2D eigenvalue weighted by molar-refractivity contribution is 5.24. The van der Waals surface area contributed by atoms with E-state index in [9.17, 15) is 0 Å². The average Bonchev–Trinajstić information content (AvgIpc) is 2.74. The zero-order valence-electron chi connectivity index (χ0n) is 8.88. The second-order valence-corrected chi connectivity index (χ2v) is 3.94. The Labute approximate surface area is 84.5 Å². The van der Waals surface area contributed by atoms with Gasteiger partial charge < -0.3 is 11.1 Å². The molecule has 1 aliphatic rings. The van der Waals surface area contributed by atoms with Crippen LogP contribution in [0.15, 0.2) is 0 Å². The smallest absolute Gasteiger partial charge is 0.0658 e. The summed E-state index contributed by atoms with van der Waals surface area (Å²) in [5, 5.41) is 7.91. The maximum absolute atomic E-state index is 5.69. The SMILES string of the molecule is Cc1nn(C2CCNC2)c(C)c1CN. The Morgan fingerprint density at radius 1 is 1.57 bits per heavy atom. The summed E-state index contributed by atoms with van der Waals surface area (Å²) in [6, 6.07) is 0.522. The van der Waals surface area contributed by atoms with Crippen molar-refractivity contribution in [2.45, 2.75) is 32.9 Å². The lowest BCUT2D eigenvalue weighted by Crippen LogP contribution is -2.16. The second-order valence-electron chi connectivity index (χ2n) is 3.94. The van der Waals surface area contributed by atoms with Crippen molar-refractivity contribution >= 4 is 0 Å². The highest BCUT2D eigenvalue weighted by Gasteiger charge is 2.20. The van der Waals surface area contributed by atoms with Gasteiger partial charge in [0, 0.05) is 24.3 Å². The summed E-state index contributed by atoms with van der Waals surface area (Å²) in [6.07, 6.45) is 1.17. The van der Waals surface area contributed by atoms with Crippen molar-refractivity contribution in [1.29, 1.82) is 0 Å². The molecule has 78 valence electrons. The van der Waals surface area contributed by atoms with Gasteiger partial charge in [0.05, 0.1) is 11.7 Å². The molecule has 0 radical (unpaired) electrons. The van der Waals surface area contributed by atoms with Crippen molar-refractivity contribution < 1.29 is 0 Å². The van der Waals surface area contributed by atoms with Crippen LogP contribution >= 0.6 is 0 Å². The molecular weight excluding hydrogens is 176 g/mol. The molecule has 2 rings (SSSR count). The van der Waals surface area contributed by atoms with Crippen molar-refractivity contribution in [2.75, 3.05) is 13.1 Å². The Bertz CT molecular complexity index is 323. The molecule has 1 atom stereocenters. The first-order valence-corrected chi connectivity index (χ1v) is 5.19. The number of aromatic nitrogens is 2. The van der Waals surface area contributed by atoms with E-state index in [2.05, 4.69) is 22.0 Å². The van der Waals surface area contributed by atoms with Gasteiger partial charge in [-0.3, -0.25) is 4.68 Å². The topological polar surface area (TPSA) is 55.9 Å². The lowest BCUT2D eigenvalue weighted by molar-refractivity contribution is 0.477. The van der Waals surface area contributed by atoms with Crippen LogP contribution in [0.25, 0.3) is 0 Å². The molecule has 4 nitrogen and oxygen atoms in total. The molecule has 1 aromatic rings. The van der Waals surface area contributed by atoms with Gasteiger partial charge in [-0.25, -0.2) is 0 Å². The third-order valence-corrected chi connectivity index (χ3v) is 3.06. The van der Waals surface area contributed by atoms with Crippen LogP contribution in [0.3, 0.4) is 0 Å². The Hall–Kier alpha value is -0.870. The summed E-state index contributed by atoms with van der Waals surface area (Å²) >= 11 is 0. The van der Waals surface area contributed by atoms with Crippen LogP contribution in [0.1, 0.15) is 29.4 Å². The minimum atomic E-state index is 0.522. The normalized spacial score (nSPS) is 21.8. The summed E-state index contributed by atoms with van der Waals surface area (Å²) in [5.41, 5.74) is 9.22. The van der Waals surface area contributed by atoms with Crippen LogP contribution < -0.4 is 11.1 Å². The fraction of sp³-hybridized carbons (Fsp3) is 0.700. The number of rotatable bonds is 2. The van der Waals surface area contributed by atoms with Gasteiger partial charge in [-0.05, 0) is 26.8 Å². The molecule has 0 aromatic carbocycles. The Morgan fingerprint density at radius 2 is 2.36 bits per heavy atom. The molecule has 4 heteroatoms. The van der Waals surface area contributed by atoms with E-state index < -0.39 is 0 Å². The van der Waals surface area contributed by atoms with Crippen LogP contribution in [-0.4, -0.2) is 22.9 Å². The van der Waals surface area contributed by atoms with Gasteiger partial charge in [-0.1, -0.05) is 0 Å². The van der Waals surface area contributed by atoms with E-state index in [4.69, 9.17) is 5.73 Å². The van der Waals surface area contributed by atoms with Crippen LogP contribution in [0.4, 0.5) is 0 Å². The second kappa shape index (κ2) is 3.71. The monoisotopic (exact) mass is 194 g/mol. The van der Waals surface area contributed by atoms with Crippen molar-refractivity contribution in [3.63, 3.8) is 0 Å².